The van der Waals surface area contributed by atoms with Crippen molar-refractivity contribution in [2.75, 3.05) is 0 Å². The molecule has 0 amide bonds. The number of carbonyl (C=O) groups is 1. The van der Waals surface area contributed by atoms with Gasteiger partial charge in [-0.15, -0.1) is 0 Å². The van der Waals surface area contributed by atoms with Crippen LogP contribution < -0.4 is 0 Å². The van der Waals surface area contributed by atoms with Crippen molar-refractivity contribution in [2.24, 2.45) is 0 Å². The minimum absolute atomic E-state index is 0.313. The van der Waals surface area contributed by atoms with Crippen molar-refractivity contribution >= 4 is 17.6 Å². The van der Waals surface area contributed by atoms with Gasteiger partial charge >= 0.3 is 5.97 Å². The maximum atomic E-state index is 12.2. The van der Waals surface area contributed by atoms with Crippen molar-refractivity contribution in [3.05, 3.63) is 46.5 Å². The second kappa shape index (κ2) is 6.05. The zero-order valence-electron chi connectivity index (χ0n) is 11.6. The Morgan fingerprint density at radius 1 is 1.55 bits per heavy atom. The van der Waals surface area contributed by atoms with Gasteiger partial charge in [0, 0.05) is 24.5 Å². The van der Waals surface area contributed by atoms with E-state index in [0.717, 1.165) is 5.56 Å². The van der Waals surface area contributed by atoms with Gasteiger partial charge in [0.2, 0.25) is 0 Å². The van der Waals surface area contributed by atoms with E-state index in [9.17, 15) is 4.79 Å². The Morgan fingerprint density at radius 2 is 2.30 bits per heavy atom. The topological polar surface area (TPSA) is 57.0 Å². The summed E-state index contributed by atoms with van der Waals surface area (Å²) in [6, 6.07) is 3.65. The number of rotatable bonds is 4. The molecule has 0 radical (unpaired) electrons. The van der Waals surface area contributed by atoms with Crippen LogP contribution >= 0.6 is 11.6 Å². The Balaban J connectivity index is 2.19. The largest absolute Gasteiger partial charge is 0.454 e. The van der Waals surface area contributed by atoms with E-state index in [2.05, 4.69) is 10.1 Å². The van der Waals surface area contributed by atoms with Crippen molar-refractivity contribution in [3.8, 4) is 0 Å². The van der Waals surface area contributed by atoms with Gasteiger partial charge in [0.15, 0.2) is 0 Å². The lowest BCUT2D eigenvalue weighted by Crippen LogP contribution is -2.10. The summed E-state index contributed by atoms with van der Waals surface area (Å²) < 4.78 is 7.00. The average Bonchev–Trinajstić information content (AvgIpc) is 2.74. The van der Waals surface area contributed by atoms with Crippen LogP contribution in [0.5, 0.6) is 0 Å². The molecule has 0 N–H and O–H groups in total. The number of aryl methyl sites for hydroxylation is 2. The number of pyridine rings is 1. The summed E-state index contributed by atoms with van der Waals surface area (Å²) in [4.78, 5) is 16.2. The van der Waals surface area contributed by atoms with E-state index in [-0.39, 0.29) is 0 Å². The number of ether oxygens (including phenoxy) is 1. The molecule has 0 fully saturated rings. The molecule has 2 heterocycles. The molecule has 0 saturated heterocycles. The number of aromatic nitrogens is 3. The number of nitrogens with zero attached hydrogens (tertiary/aromatic N) is 3. The maximum absolute atomic E-state index is 12.2. The van der Waals surface area contributed by atoms with Crippen LogP contribution in [-0.4, -0.2) is 20.7 Å². The minimum atomic E-state index is -0.469. The van der Waals surface area contributed by atoms with Crippen LogP contribution in [0, 0.1) is 6.92 Å². The standard InChI is InChI=1S/C14H16ClN3O2/c1-4-18-13(15)12(9(2)17-18)14(19)20-10(3)11-6-5-7-16-8-11/h5-8,10H,4H2,1-3H3/t10-/m1/s1. The Labute approximate surface area is 122 Å². The summed E-state index contributed by atoms with van der Waals surface area (Å²) in [5.74, 6) is -0.469. The smallest absolute Gasteiger partial charge is 0.343 e. The van der Waals surface area contributed by atoms with E-state index in [0.29, 0.717) is 23.0 Å². The van der Waals surface area contributed by atoms with Gasteiger partial charge < -0.3 is 4.74 Å². The second-order valence-electron chi connectivity index (χ2n) is 4.40. The second-order valence-corrected chi connectivity index (χ2v) is 4.76. The highest BCUT2D eigenvalue weighted by Gasteiger charge is 2.23. The van der Waals surface area contributed by atoms with Gasteiger partial charge in [0.05, 0.1) is 5.69 Å². The van der Waals surface area contributed by atoms with Crippen LogP contribution in [-0.2, 0) is 11.3 Å². The van der Waals surface area contributed by atoms with Crippen molar-refractivity contribution in [1.82, 2.24) is 14.8 Å². The summed E-state index contributed by atoms with van der Waals surface area (Å²) >= 11 is 6.14. The molecule has 1 atom stereocenters. The highest BCUT2D eigenvalue weighted by Crippen LogP contribution is 2.24. The van der Waals surface area contributed by atoms with Gasteiger partial charge in [0.25, 0.3) is 0 Å². The third kappa shape index (κ3) is 2.82. The van der Waals surface area contributed by atoms with Crippen LogP contribution in [0.4, 0.5) is 0 Å². The Hall–Kier alpha value is -1.88. The molecule has 2 aromatic heterocycles. The van der Waals surface area contributed by atoms with Crippen molar-refractivity contribution in [1.29, 1.82) is 0 Å². The number of halogens is 1. The van der Waals surface area contributed by atoms with Crippen LogP contribution in [0.1, 0.15) is 41.6 Å². The molecule has 6 heteroatoms. The normalized spacial score (nSPS) is 12.2. The molecule has 0 aliphatic carbocycles. The van der Waals surface area contributed by atoms with Crippen molar-refractivity contribution in [3.63, 3.8) is 0 Å². The molecule has 0 aliphatic heterocycles. The highest BCUT2D eigenvalue weighted by molar-refractivity contribution is 6.32. The van der Waals surface area contributed by atoms with E-state index < -0.39 is 12.1 Å². The summed E-state index contributed by atoms with van der Waals surface area (Å²) in [5, 5.41) is 4.51. The molecular weight excluding hydrogens is 278 g/mol. The lowest BCUT2D eigenvalue weighted by atomic mass is 10.2. The van der Waals surface area contributed by atoms with E-state index >= 15 is 0 Å². The first-order valence-corrected chi connectivity index (χ1v) is 6.76. The first-order valence-electron chi connectivity index (χ1n) is 6.38. The zero-order valence-corrected chi connectivity index (χ0v) is 12.4. The van der Waals surface area contributed by atoms with Gasteiger partial charge in [-0.2, -0.15) is 5.10 Å². The lowest BCUT2D eigenvalue weighted by Gasteiger charge is -2.13. The number of hydrogen-bond acceptors (Lipinski definition) is 4. The molecule has 0 aliphatic rings. The SMILES string of the molecule is CCn1nc(C)c(C(=O)O[C@H](C)c2cccnc2)c1Cl. The first-order chi connectivity index (χ1) is 9.54. The first kappa shape index (κ1) is 14.5. The lowest BCUT2D eigenvalue weighted by molar-refractivity contribution is 0.0336. The number of carbonyl (C=O) groups excluding carboxylic acids is 1. The average molecular weight is 294 g/mol. The third-order valence-corrected chi connectivity index (χ3v) is 3.39. The molecular formula is C14H16ClN3O2. The zero-order chi connectivity index (χ0) is 14.7. The molecule has 0 aromatic carbocycles. The van der Waals surface area contributed by atoms with Crippen LogP contribution in [0.3, 0.4) is 0 Å². The molecule has 5 nitrogen and oxygen atoms in total. The Bertz CT molecular complexity index is 610. The quantitative estimate of drug-likeness (QED) is 0.812. The molecule has 2 aromatic rings. The monoisotopic (exact) mass is 293 g/mol. The summed E-state index contributed by atoms with van der Waals surface area (Å²) in [7, 11) is 0. The minimum Gasteiger partial charge on any atom is -0.454 e. The van der Waals surface area contributed by atoms with Crippen LogP contribution in [0.2, 0.25) is 5.15 Å². The van der Waals surface area contributed by atoms with Crippen LogP contribution in [0.15, 0.2) is 24.5 Å². The fourth-order valence-electron chi connectivity index (χ4n) is 1.90. The molecule has 2 rings (SSSR count). The van der Waals surface area contributed by atoms with Crippen molar-refractivity contribution in [2.45, 2.75) is 33.4 Å². The third-order valence-electron chi connectivity index (χ3n) is 3.01. The predicted molar refractivity (Wildman–Crippen MR) is 75.7 cm³/mol. The molecule has 0 saturated carbocycles. The molecule has 106 valence electrons. The molecule has 0 bridgehead atoms. The van der Waals surface area contributed by atoms with Crippen LogP contribution in [0.25, 0.3) is 0 Å². The van der Waals surface area contributed by atoms with Gasteiger partial charge in [-0.3, -0.25) is 9.67 Å². The maximum Gasteiger partial charge on any atom is 0.343 e. The fraction of sp³-hybridized carbons (Fsp3) is 0.357. The van der Waals surface area contributed by atoms with Gasteiger partial charge in [-0.25, -0.2) is 4.79 Å². The van der Waals surface area contributed by atoms with E-state index in [1.807, 2.05) is 13.0 Å². The van der Waals surface area contributed by atoms with Gasteiger partial charge in [-0.1, -0.05) is 17.7 Å². The Morgan fingerprint density at radius 3 is 2.85 bits per heavy atom. The van der Waals surface area contributed by atoms with E-state index in [4.69, 9.17) is 16.3 Å². The molecule has 0 unspecified atom stereocenters. The summed E-state index contributed by atoms with van der Waals surface area (Å²) in [6.07, 6.45) is 2.95. The summed E-state index contributed by atoms with van der Waals surface area (Å²) in [5.41, 5.74) is 1.72. The molecule has 0 spiro atoms. The fourth-order valence-corrected chi connectivity index (χ4v) is 2.27. The van der Waals surface area contributed by atoms with E-state index in [1.165, 1.54) is 0 Å². The van der Waals surface area contributed by atoms with E-state index in [1.54, 1.807) is 37.0 Å². The summed E-state index contributed by atoms with van der Waals surface area (Å²) in [6.45, 7) is 6.04. The highest BCUT2D eigenvalue weighted by atomic mass is 35.5. The molecule has 20 heavy (non-hydrogen) atoms. The number of hydrogen-bond donors (Lipinski definition) is 0. The van der Waals surface area contributed by atoms with Gasteiger partial charge in [0.1, 0.15) is 16.8 Å². The predicted octanol–water partition coefficient (Wildman–Crippen LogP) is 3.18. The van der Waals surface area contributed by atoms with Gasteiger partial charge in [-0.05, 0) is 26.8 Å². The number of esters is 1. The van der Waals surface area contributed by atoms with Crippen molar-refractivity contribution < 1.29 is 9.53 Å². The Kier molecular flexibility index (Phi) is 4.39.